The predicted octanol–water partition coefficient (Wildman–Crippen LogP) is -5.46. The van der Waals surface area contributed by atoms with Crippen LogP contribution in [0.15, 0.2) is 30.3 Å². The van der Waals surface area contributed by atoms with Gasteiger partial charge in [-0.1, -0.05) is 30.3 Å². The number of nitrogens with one attached hydrogen (secondary N) is 6. The van der Waals surface area contributed by atoms with E-state index in [9.17, 15) is 48.3 Å². The zero-order valence-electron chi connectivity index (χ0n) is 28.3. The van der Waals surface area contributed by atoms with Gasteiger partial charge in [0.15, 0.2) is 0 Å². The molecule has 5 unspecified atom stereocenters. The smallest absolute Gasteiger partial charge is 0.243 e. The number of primary amides is 3. The van der Waals surface area contributed by atoms with E-state index in [1.165, 1.54) is 6.92 Å². The van der Waals surface area contributed by atoms with Crippen LogP contribution in [0.4, 0.5) is 0 Å². The maximum absolute atomic E-state index is 13.4. The molecular formula is C31H48N10O10. The summed E-state index contributed by atoms with van der Waals surface area (Å²) in [7, 11) is 0. The number of aliphatic hydroxyl groups is 1. The first-order valence-corrected chi connectivity index (χ1v) is 16.0. The molecule has 0 radical (unpaired) electrons. The fourth-order valence-electron chi connectivity index (χ4n) is 4.59. The van der Waals surface area contributed by atoms with Crippen LogP contribution in [0.2, 0.25) is 0 Å². The average Bonchev–Trinajstić information content (AvgIpc) is 3.06. The zero-order valence-corrected chi connectivity index (χ0v) is 28.3. The van der Waals surface area contributed by atoms with Crippen molar-refractivity contribution in [2.75, 3.05) is 19.7 Å². The maximum Gasteiger partial charge on any atom is 0.243 e. The number of rotatable bonds is 24. The molecule has 15 N–H and O–H groups in total. The van der Waals surface area contributed by atoms with Crippen molar-refractivity contribution >= 4 is 53.2 Å². The summed E-state index contributed by atoms with van der Waals surface area (Å²) in [4.78, 5) is 112. The van der Waals surface area contributed by atoms with Gasteiger partial charge in [0.25, 0.3) is 0 Å². The Hall–Kier alpha value is -5.63. The molecule has 0 saturated carbocycles. The molecule has 0 fully saturated rings. The second-order valence-electron chi connectivity index (χ2n) is 11.5. The van der Waals surface area contributed by atoms with E-state index in [4.69, 9.17) is 22.9 Å². The lowest BCUT2D eigenvalue weighted by Gasteiger charge is -2.25. The summed E-state index contributed by atoms with van der Waals surface area (Å²) in [5, 5.41) is 23.4. The van der Waals surface area contributed by atoms with E-state index in [0.29, 0.717) is 24.9 Å². The quantitative estimate of drug-likeness (QED) is 0.0448. The molecule has 1 aromatic rings. The van der Waals surface area contributed by atoms with Crippen LogP contribution in [0.1, 0.15) is 51.0 Å². The molecule has 0 spiro atoms. The molecule has 9 amide bonds. The van der Waals surface area contributed by atoms with Crippen LogP contribution in [0.25, 0.3) is 0 Å². The SMILES string of the molecule is CC(=O)NC(Cc1ccccc1)C(=O)NC(CCC(N)=O)C(=O)NC(CC(N)=O)C(=O)NCC(=O)NC(CCCCN)C(=O)NC(CO)C(N)=O. The van der Waals surface area contributed by atoms with Crippen LogP contribution >= 0.6 is 0 Å². The third-order valence-electron chi connectivity index (χ3n) is 7.19. The van der Waals surface area contributed by atoms with Crippen LogP contribution in [0.3, 0.4) is 0 Å². The minimum atomic E-state index is -1.66. The predicted molar refractivity (Wildman–Crippen MR) is 180 cm³/mol. The average molecular weight is 721 g/mol. The van der Waals surface area contributed by atoms with Gasteiger partial charge in [0.1, 0.15) is 30.2 Å². The molecule has 20 nitrogen and oxygen atoms in total. The first-order valence-electron chi connectivity index (χ1n) is 16.0. The number of unbranched alkanes of at least 4 members (excludes halogenated alkanes) is 1. The van der Waals surface area contributed by atoms with E-state index in [1.54, 1.807) is 30.3 Å². The van der Waals surface area contributed by atoms with E-state index in [1.807, 2.05) is 0 Å². The molecule has 0 aliphatic heterocycles. The molecule has 20 heteroatoms. The summed E-state index contributed by atoms with van der Waals surface area (Å²) in [5.74, 6) is -7.94. The molecule has 0 heterocycles. The largest absolute Gasteiger partial charge is 0.394 e. The van der Waals surface area contributed by atoms with Gasteiger partial charge in [0.05, 0.1) is 19.6 Å². The van der Waals surface area contributed by atoms with Gasteiger partial charge < -0.3 is 59.9 Å². The summed E-state index contributed by atoms with van der Waals surface area (Å²) < 4.78 is 0. The standard InChI is InChI=1S/C31H48N10O10/c1-17(43)37-21(13-18-7-3-2-4-8-18)31(51)39-20(10-11-24(33)44)30(50)40-22(14-25(34)45)28(48)36-15-26(46)38-19(9-5-6-12-32)29(49)41-23(16-42)27(35)47/h2-4,7-8,19-23,42H,5-6,9-16,32H2,1H3,(H2,33,44)(H2,34,45)(H2,35,47)(H,36,48)(H,37,43)(H,38,46)(H,39,51)(H,40,50)(H,41,49). The molecule has 0 bridgehead atoms. The highest BCUT2D eigenvalue weighted by molar-refractivity contribution is 5.97. The summed E-state index contributed by atoms with van der Waals surface area (Å²) in [5.41, 5.74) is 21.9. The van der Waals surface area contributed by atoms with Gasteiger partial charge in [0.2, 0.25) is 53.2 Å². The maximum atomic E-state index is 13.4. The fourth-order valence-corrected chi connectivity index (χ4v) is 4.59. The molecule has 0 aliphatic carbocycles. The van der Waals surface area contributed by atoms with Crippen LogP contribution in [-0.2, 0) is 49.6 Å². The van der Waals surface area contributed by atoms with Crippen molar-refractivity contribution in [2.24, 2.45) is 22.9 Å². The second kappa shape index (κ2) is 22.9. The summed E-state index contributed by atoms with van der Waals surface area (Å²) in [6, 6.07) is 1.77. The third kappa shape index (κ3) is 17.5. The highest BCUT2D eigenvalue weighted by Gasteiger charge is 2.31. The number of nitrogens with two attached hydrogens (primary N) is 4. The third-order valence-corrected chi connectivity index (χ3v) is 7.19. The molecule has 51 heavy (non-hydrogen) atoms. The van der Waals surface area contributed by atoms with Crippen molar-refractivity contribution in [3.63, 3.8) is 0 Å². The Morgan fingerprint density at radius 2 is 1.24 bits per heavy atom. The number of benzene rings is 1. The second-order valence-corrected chi connectivity index (χ2v) is 11.5. The summed E-state index contributed by atoms with van der Waals surface area (Å²) >= 11 is 0. The van der Waals surface area contributed by atoms with Crippen molar-refractivity contribution in [1.29, 1.82) is 0 Å². The first kappa shape index (κ1) is 43.4. The Morgan fingerprint density at radius 3 is 1.76 bits per heavy atom. The number of amides is 9. The Labute approximate surface area is 293 Å². The minimum Gasteiger partial charge on any atom is -0.394 e. The van der Waals surface area contributed by atoms with Gasteiger partial charge in [-0.3, -0.25) is 43.2 Å². The Bertz CT molecular complexity index is 1390. The van der Waals surface area contributed by atoms with Crippen molar-refractivity contribution in [3.05, 3.63) is 35.9 Å². The topological polar surface area (TPSA) is 350 Å². The Kier molecular flexibility index (Phi) is 19.5. The number of carbonyl (C=O) groups is 9. The van der Waals surface area contributed by atoms with Gasteiger partial charge in [0, 0.05) is 19.8 Å². The van der Waals surface area contributed by atoms with E-state index in [-0.39, 0.29) is 25.7 Å². The lowest BCUT2D eigenvalue weighted by atomic mass is 10.0. The van der Waals surface area contributed by atoms with Gasteiger partial charge in [-0.2, -0.15) is 0 Å². The van der Waals surface area contributed by atoms with Crippen molar-refractivity contribution in [2.45, 2.75) is 82.1 Å². The van der Waals surface area contributed by atoms with E-state index in [0.717, 1.165) is 0 Å². The number of carbonyl (C=O) groups excluding carboxylic acids is 9. The molecule has 282 valence electrons. The number of hydrogen-bond donors (Lipinski definition) is 11. The van der Waals surface area contributed by atoms with Crippen LogP contribution in [0, 0.1) is 0 Å². The molecule has 0 aliphatic rings. The van der Waals surface area contributed by atoms with Crippen molar-refractivity contribution in [3.8, 4) is 0 Å². The van der Waals surface area contributed by atoms with Crippen molar-refractivity contribution in [1.82, 2.24) is 31.9 Å². The Morgan fingerprint density at radius 1 is 0.667 bits per heavy atom. The summed E-state index contributed by atoms with van der Waals surface area (Å²) in [6.45, 7) is -0.0421. The lowest BCUT2D eigenvalue weighted by Crippen LogP contribution is -2.58. The highest BCUT2D eigenvalue weighted by Crippen LogP contribution is 2.07. The monoisotopic (exact) mass is 720 g/mol. The van der Waals surface area contributed by atoms with E-state index >= 15 is 0 Å². The lowest BCUT2D eigenvalue weighted by molar-refractivity contribution is -0.135. The van der Waals surface area contributed by atoms with E-state index < -0.39 is 103 Å². The van der Waals surface area contributed by atoms with E-state index in [2.05, 4.69) is 31.9 Å². The molecule has 5 atom stereocenters. The van der Waals surface area contributed by atoms with Crippen LogP contribution in [-0.4, -0.2) is 108 Å². The zero-order chi connectivity index (χ0) is 38.5. The molecule has 1 aromatic carbocycles. The number of aliphatic hydroxyl groups excluding tert-OH is 1. The van der Waals surface area contributed by atoms with Gasteiger partial charge in [-0.15, -0.1) is 0 Å². The molecule has 1 rings (SSSR count). The number of hydrogen-bond acceptors (Lipinski definition) is 11. The van der Waals surface area contributed by atoms with Crippen LogP contribution in [0.5, 0.6) is 0 Å². The van der Waals surface area contributed by atoms with Gasteiger partial charge >= 0.3 is 0 Å². The van der Waals surface area contributed by atoms with Gasteiger partial charge in [-0.25, -0.2) is 0 Å². The highest BCUT2D eigenvalue weighted by atomic mass is 16.3. The first-order chi connectivity index (χ1) is 24.1. The van der Waals surface area contributed by atoms with Crippen molar-refractivity contribution < 1.29 is 48.3 Å². The molecule has 0 aromatic heterocycles. The minimum absolute atomic E-state index is 0.0495. The van der Waals surface area contributed by atoms with Gasteiger partial charge in [-0.05, 0) is 37.8 Å². The molecular weight excluding hydrogens is 672 g/mol. The normalized spacial score (nSPS) is 13.5. The Balaban J connectivity index is 3.07. The molecule has 0 saturated heterocycles. The van der Waals surface area contributed by atoms with Crippen LogP contribution < -0.4 is 54.8 Å². The fraction of sp³-hybridized carbons (Fsp3) is 0.516. The summed E-state index contributed by atoms with van der Waals surface area (Å²) in [6.07, 6.45) is -0.421.